The molecule has 0 radical (unpaired) electrons. The summed E-state index contributed by atoms with van der Waals surface area (Å²) in [6, 6.07) is 4.75. The average Bonchev–Trinajstić information content (AvgIpc) is 2.94. The van der Waals surface area contributed by atoms with Crippen molar-refractivity contribution in [3.8, 4) is 0 Å². The van der Waals surface area contributed by atoms with E-state index in [4.69, 9.17) is 0 Å². The fraction of sp³-hybridized carbons (Fsp3) is 0.471. The van der Waals surface area contributed by atoms with Crippen molar-refractivity contribution in [2.45, 2.75) is 38.5 Å². The van der Waals surface area contributed by atoms with Gasteiger partial charge in [-0.05, 0) is 30.2 Å². The van der Waals surface area contributed by atoms with Crippen LogP contribution >= 0.6 is 15.9 Å². The normalized spacial score (nSPS) is 21.2. The smallest absolute Gasteiger partial charge is 0.326 e. The quantitative estimate of drug-likeness (QED) is 0.674. The fourth-order valence-electron chi connectivity index (χ4n) is 2.81. The molecule has 3 N–H and O–H groups in total. The van der Waals surface area contributed by atoms with Crippen LogP contribution < -0.4 is 5.32 Å². The monoisotopic (exact) mass is 412 g/mol. The van der Waals surface area contributed by atoms with Crippen molar-refractivity contribution >= 4 is 33.7 Å². The lowest BCUT2D eigenvalue weighted by Crippen LogP contribution is -2.53. The van der Waals surface area contributed by atoms with Gasteiger partial charge in [-0.3, -0.25) is 9.59 Å². The molecule has 0 unspecified atom stereocenters. The number of carboxylic acid groups (broad SMARTS) is 1. The zero-order chi connectivity index (χ0) is 18.7. The van der Waals surface area contributed by atoms with Crippen LogP contribution in [0.3, 0.4) is 0 Å². The van der Waals surface area contributed by atoms with Gasteiger partial charge in [0.15, 0.2) is 0 Å². The molecular weight excluding hydrogens is 392 g/mol. The third kappa shape index (κ3) is 4.58. The lowest BCUT2D eigenvalue weighted by atomic mass is 10.0. The molecule has 1 fully saturated rings. The Morgan fingerprint density at radius 2 is 1.84 bits per heavy atom. The van der Waals surface area contributed by atoms with Crippen LogP contribution in [0, 0.1) is 5.92 Å². The van der Waals surface area contributed by atoms with Gasteiger partial charge in [0.25, 0.3) is 5.91 Å². The average molecular weight is 413 g/mol. The minimum atomic E-state index is -1.16. The van der Waals surface area contributed by atoms with Crippen molar-refractivity contribution in [3.63, 3.8) is 0 Å². The van der Waals surface area contributed by atoms with Crippen molar-refractivity contribution < 1.29 is 24.6 Å². The highest BCUT2D eigenvalue weighted by Gasteiger charge is 2.42. The SMILES string of the molecule is CC(C)[C@H](NC(=O)c1ccc(Br)cc1)C(=O)N1C[C@H](O)C[C@H]1C(=O)O. The summed E-state index contributed by atoms with van der Waals surface area (Å²) in [6.45, 7) is 3.49. The Labute approximate surface area is 154 Å². The van der Waals surface area contributed by atoms with Crippen LogP contribution in [-0.4, -0.2) is 57.6 Å². The van der Waals surface area contributed by atoms with E-state index in [2.05, 4.69) is 21.2 Å². The van der Waals surface area contributed by atoms with Gasteiger partial charge in [0.1, 0.15) is 12.1 Å². The number of hydrogen-bond donors (Lipinski definition) is 3. The molecule has 0 saturated carbocycles. The number of carbonyl (C=O) groups excluding carboxylic acids is 2. The number of nitrogens with one attached hydrogen (secondary N) is 1. The summed E-state index contributed by atoms with van der Waals surface area (Å²) < 4.78 is 0.830. The predicted octanol–water partition coefficient (Wildman–Crippen LogP) is 1.25. The maximum absolute atomic E-state index is 12.8. The van der Waals surface area contributed by atoms with Crippen LogP contribution in [0.5, 0.6) is 0 Å². The van der Waals surface area contributed by atoms with E-state index in [-0.39, 0.29) is 18.9 Å². The van der Waals surface area contributed by atoms with Crippen LogP contribution in [0.2, 0.25) is 0 Å². The number of halogens is 1. The molecule has 1 aliphatic heterocycles. The Kier molecular flexibility index (Phi) is 6.18. The number of nitrogens with zero attached hydrogens (tertiary/aromatic N) is 1. The molecule has 1 aromatic rings. The van der Waals surface area contributed by atoms with E-state index in [0.717, 1.165) is 9.37 Å². The molecule has 3 atom stereocenters. The zero-order valence-electron chi connectivity index (χ0n) is 14.0. The number of aliphatic hydroxyl groups excluding tert-OH is 1. The topological polar surface area (TPSA) is 107 Å². The van der Waals surface area contributed by atoms with E-state index >= 15 is 0 Å². The molecule has 1 aromatic carbocycles. The minimum absolute atomic E-state index is 0.00739. The third-order valence-electron chi connectivity index (χ3n) is 4.17. The van der Waals surface area contributed by atoms with E-state index in [1.54, 1.807) is 38.1 Å². The molecule has 2 rings (SSSR count). The number of carbonyl (C=O) groups is 3. The molecule has 1 heterocycles. The lowest BCUT2D eigenvalue weighted by Gasteiger charge is -2.29. The van der Waals surface area contributed by atoms with E-state index < -0.39 is 36.0 Å². The Bertz CT molecular complexity index is 662. The molecule has 1 saturated heterocycles. The first-order valence-corrected chi connectivity index (χ1v) is 8.77. The highest BCUT2D eigenvalue weighted by molar-refractivity contribution is 9.10. The summed E-state index contributed by atoms with van der Waals surface area (Å²) in [6.07, 6.45) is -0.882. The highest BCUT2D eigenvalue weighted by Crippen LogP contribution is 2.21. The minimum Gasteiger partial charge on any atom is -0.480 e. The standard InChI is InChI=1S/C17H21BrN2O5/c1-9(2)14(19-15(22)10-3-5-11(18)6-4-10)16(23)20-8-12(21)7-13(20)17(24)25/h3-6,9,12-14,21H,7-8H2,1-2H3,(H,19,22)(H,24,25)/t12-,13+,14+/m1/s1. The first-order chi connectivity index (χ1) is 11.7. The molecule has 0 aliphatic carbocycles. The van der Waals surface area contributed by atoms with Crippen LogP contribution in [0.4, 0.5) is 0 Å². The highest BCUT2D eigenvalue weighted by atomic mass is 79.9. The second kappa shape index (κ2) is 7.97. The second-order valence-electron chi connectivity index (χ2n) is 6.44. The van der Waals surface area contributed by atoms with Gasteiger partial charge in [-0.2, -0.15) is 0 Å². The van der Waals surface area contributed by atoms with E-state index in [1.807, 2.05) is 0 Å². The lowest BCUT2D eigenvalue weighted by molar-refractivity contribution is -0.149. The molecular formula is C17H21BrN2O5. The largest absolute Gasteiger partial charge is 0.480 e. The molecule has 8 heteroatoms. The Hall–Kier alpha value is -1.93. The first-order valence-electron chi connectivity index (χ1n) is 7.98. The Morgan fingerprint density at radius 1 is 1.24 bits per heavy atom. The summed E-state index contributed by atoms with van der Waals surface area (Å²) >= 11 is 3.29. The summed E-state index contributed by atoms with van der Waals surface area (Å²) in [4.78, 5) is 37.7. The maximum atomic E-state index is 12.8. The molecule has 0 bridgehead atoms. The van der Waals surface area contributed by atoms with Crippen molar-refractivity contribution in [1.82, 2.24) is 10.2 Å². The van der Waals surface area contributed by atoms with Crippen molar-refractivity contribution in [3.05, 3.63) is 34.3 Å². The van der Waals surface area contributed by atoms with Crippen LogP contribution in [0.25, 0.3) is 0 Å². The zero-order valence-corrected chi connectivity index (χ0v) is 15.6. The number of aliphatic carboxylic acids is 1. The number of aliphatic hydroxyl groups is 1. The predicted molar refractivity (Wildman–Crippen MR) is 94.0 cm³/mol. The fourth-order valence-corrected chi connectivity index (χ4v) is 3.07. The number of benzene rings is 1. The van der Waals surface area contributed by atoms with Gasteiger partial charge < -0.3 is 20.4 Å². The molecule has 136 valence electrons. The molecule has 2 amide bonds. The van der Waals surface area contributed by atoms with E-state index in [0.29, 0.717) is 5.56 Å². The van der Waals surface area contributed by atoms with Gasteiger partial charge in [0.2, 0.25) is 5.91 Å². The molecule has 7 nitrogen and oxygen atoms in total. The van der Waals surface area contributed by atoms with Crippen LogP contribution in [-0.2, 0) is 9.59 Å². The van der Waals surface area contributed by atoms with Gasteiger partial charge in [-0.1, -0.05) is 29.8 Å². The van der Waals surface area contributed by atoms with E-state index in [1.165, 1.54) is 0 Å². The Balaban J connectivity index is 2.16. The summed E-state index contributed by atoms with van der Waals surface area (Å²) in [5.41, 5.74) is 0.401. The van der Waals surface area contributed by atoms with Crippen molar-refractivity contribution in [2.75, 3.05) is 6.54 Å². The number of β-amino-alcohol motifs (C(OH)–C–C–N with tert-alkyl or cyclic N) is 1. The summed E-state index contributed by atoms with van der Waals surface area (Å²) in [5, 5.41) is 21.7. The van der Waals surface area contributed by atoms with Crippen molar-refractivity contribution in [2.24, 2.45) is 5.92 Å². The Morgan fingerprint density at radius 3 is 2.36 bits per heavy atom. The third-order valence-corrected chi connectivity index (χ3v) is 4.70. The second-order valence-corrected chi connectivity index (χ2v) is 7.35. The number of amides is 2. The van der Waals surface area contributed by atoms with Gasteiger partial charge in [-0.15, -0.1) is 0 Å². The van der Waals surface area contributed by atoms with Gasteiger partial charge in [-0.25, -0.2) is 4.79 Å². The van der Waals surface area contributed by atoms with Gasteiger partial charge >= 0.3 is 5.97 Å². The van der Waals surface area contributed by atoms with Crippen LogP contribution in [0.1, 0.15) is 30.6 Å². The summed E-state index contributed by atoms with van der Waals surface area (Å²) in [5.74, 6) is -2.30. The first kappa shape index (κ1) is 19.4. The van der Waals surface area contributed by atoms with Gasteiger partial charge in [0.05, 0.1) is 6.10 Å². The summed E-state index contributed by atoms with van der Waals surface area (Å²) in [7, 11) is 0. The number of rotatable bonds is 5. The molecule has 0 aromatic heterocycles. The number of carboxylic acids is 1. The number of hydrogen-bond acceptors (Lipinski definition) is 4. The molecule has 0 spiro atoms. The molecule has 1 aliphatic rings. The number of likely N-dealkylation sites (tertiary alicyclic amines) is 1. The van der Waals surface area contributed by atoms with Crippen LogP contribution in [0.15, 0.2) is 28.7 Å². The van der Waals surface area contributed by atoms with E-state index in [9.17, 15) is 24.6 Å². The molecule has 25 heavy (non-hydrogen) atoms. The van der Waals surface area contributed by atoms with Gasteiger partial charge in [0, 0.05) is 23.0 Å². The maximum Gasteiger partial charge on any atom is 0.326 e. The van der Waals surface area contributed by atoms with Crippen molar-refractivity contribution in [1.29, 1.82) is 0 Å².